The molecule has 0 radical (unpaired) electrons. The van der Waals surface area contributed by atoms with Crippen molar-refractivity contribution in [1.29, 1.82) is 0 Å². The van der Waals surface area contributed by atoms with E-state index in [2.05, 4.69) is 0 Å². The van der Waals surface area contributed by atoms with Crippen LogP contribution in [0, 0.1) is 0 Å². The van der Waals surface area contributed by atoms with Gasteiger partial charge >= 0.3 is 62.5 Å². The maximum absolute atomic E-state index is 9.67. The Labute approximate surface area is 63.4 Å². The van der Waals surface area contributed by atoms with Gasteiger partial charge in [-0.3, -0.25) is 0 Å². The van der Waals surface area contributed by atoms with Crippen molar-refractivity contribution in [2.75, 3.05) is 19.0 Å². The van der Waals surface area contributed by atoms with Crippen LogP contribution >= 0.6 is 7.06 Å². The molecule has 0 rings (SSSR count). The number of hydrogen-bond donors (Lipinski definition) is 2. The zero-order valence-corrected chi connectivity index (χ0v) is 8.06. The molecule has 0 aliphatic rings. The van der Waals surface area contributed by atoms with E-state index < -0.39 is 7.06 Å². The summed E-state index contributed by atoms with van der Waals surface area (Å²) in [5.41, 5.74) is 0. The van der Waals surface area contributed by atoms with Crippen LogP contribution in [0.3, 0.4) is 0 Å². The van der Waals surface area contributed by atoms with E-state index in [1.54, 1.807) is 6.66 Å². The van der Waals surface area contributed by atoms with Gasteiger partial charge in [-0.15, -0.1) is 0 Å². The van der Waals surface area contributed by atoms with Gasteiger partial charge in [0, 0.05) is 0 Å². The molecule has 0 spiro atoms. The average molecular weight is 166 g/mol. The molecular weight excluding hydrogens is 147 g/mol. The third-order valence-corrected chi connectivity index (χ3v) is 4.83. The van der Waals surface area contributed by atoms with E-state index in [9.17, 15) is 9.79 Å². The Morgan fingerprint density at radius 1 is 1.00 bits per heavy atom. The molecule has 3 heteroatoms. The van der Waals surface area contributed by atoms with Crippen LogP contribution in [-0.4, -0.2) is 28.8 Å². The van der Waals surface area contributed by atoms with Crippen LogP contribution in [0.5, 0.6) is 0 Å². The van der Waals surface area contributed by atoms with Crippen molar-refractivity contribution in [2.45, 2.75) is 26.7 Å². The van der Waals surface area contributed by atoms with E-state index in [4.69, 9.17) is 0 Å². The predicted octanol–water partition coefficient (Wildman–Crippen LogP) is 1.80. The molecule has 0 aliphatic heterocycles. The molecule has 2 nitrogen and oxygen atoms in total. The van der Waals surface area contributed by atoms with Gasteiger partial charge in [-0.2, -0.15) is 0 Å². The third-order valence-electron chi connectivity index (χ3n) is 1.61. The molecule has 0 heterocycles. The van der Waals surface area contributed by atoms with E-state index in [1.807, 2.05) is 13.8 Å². The van der Waals surface area contributed by atoms with Crippen molar-refractivity contribution >= 4 is 7.06 Å². The quantitative estimate of drug-likeness (QED) is 0.625. The monoisotopic (exact) mass is 166 g/mol. The minimum absolute atomic E-state index is 0.583. The molecule has 0 aromatic carbocycles. The molecule has 0 amide bonds. The van der Waals surface area contributed by atoms with Crippen molar-refractivity contribution < 1.29 is 9.79 Å². The Morgan fingerprint density at radius 2 is 1.30 bits per heavy atom. The SMILES string of the molecule is CCCP(C)(O)(O)CCC. The second-order valence-corrected chi connectivity index (χ2v) is 8.08. The molecule has 0 saturated heterocycles. The van der Waals surface area contributed by atoms with Gasteiger partial charge in [0.25, 0.3) is 0 Å². The summed E-state index contributed by atoms with van der Waals surface area (Å²) in [6.07, 6.45) is 2.89. The Balaban J connectivity index is 3.97. The molecule has 10 heavy (non-hydrogen) atoms. The molecule has 0 atom stereocenters. The molecule has 0 aliphatic carbocycles. The van der Waals surface area contributed by atoms with Gasteiger partial charge in [-0.25, -0.2) is 0 Å². The van der Waals surface area contributed by atoms with Crippen LogP contribution in [0.15, 0.2) is 0 Å². The summed E-state index contributed by atoms with van der Waals surface area (Å²) in [5.74, 6) is 0. The van der Waals surface area contributed by atoms with Crippen LogP contribution in [0.2, 0.25) is 0 Å². The average Bonchev–Trinajstić information content (AvgIpc) is 1.61. The normalized spacial score (nSPS) is 16.3. The van der Waals surface area contributed by atoms with Crippen LogP contribution < -0.4 is 0 Å². The van der Waals surface area contributed by atoms with Crippen molar-refractivity contribution in [3.05, 3.63) is 0 Å². The van der Waals surface area contributed by atoms with Crippen molar-refractivity contribution in [2.24, 2.45) is 0 Å². The molecular formula is C7H19O2P. The van der Waals surface area contributed by atoms with Gasteiger partial charge in [0.15, 0.2) is 0 Å². The van der Waals surface area contributed by atoms with Gasteiger partial charge < -0.3 is 0 Å². The number of hydrogen-bond acceptors (Lipinski definition) is 2. The van der Waals surface area contributed by atoms with Crippen LogP contribution in [0.4, 0.5) is 0 Å². The summed E-state index contributed by atoms with van der Waals surface area (Å²) < 4.78 is 0. The van der Waals surface area contributed by atoms with E-state index in [0.717, 1.165) is 12.8 Å². The molecule has 0 aromatic heterocycles. The first-order valence-electron chi connectivity index (χ1n) is 3.89. The Hall–Kier alpha value is 0.350. The van der Waals surface area contributed by atoms with Crippen molar-refractivity contribution in [1.82, 2.24) is 0 Å². The Bertz CT molecular complexity index is 93.9. The molecule has 64 valence electrons. The zero-order chi connectivity index (χ0) is 8.28. The molecule has 0 aromatic rings. The first kappa shape index (κ1) is 10.3. The van der Waals surface area contributed by atoms with E-state index >= 15 is 0 Å². The van der Waals surface area contributed by atoms with E-state index in [-0.39, 0.29) is 0 Å². The third kappa shape index (κ3) is 4.21. The number of rotatable bonds is 4. The van der Waals surface area contributed by atoms with Gasteiger partial charge in [0.1, 0.15) is 0 Å². The molecule has 0 saturated carbocycles. The zero-order valence-electron chi connectivity index (χ0n) is 7.17. The minimum atomic E-state index is -3.16. The van der Waals surface area contributed by atoms with Crippen LogP contribution in [0.25, 0.3) is 0 Å². The van der Waals surface area contributed by atoms with Gasteiger partial charge in [0.05, 0.1) is 0 Å². The Morgan fingerprint density at radius 3 is 1.50 bits per heavy atom. The molecule has 0 bridgehead atoms. The van der Waals surface area contributed by atoms with E-state index in [0.29, 0.717) is 12.3 Å². The first-order chi connectivity index (χ1) is 4.39. The van der Waals surface area contributed by atoms with Gasteiger partial charge in [-0.1, -0.05) is 0 Å². The van der Waals surface area contributed by atoms with Crippen LogP contribution in [0.1, 0.15) is 26.7 Å². The van der Waals surface area contributed by atoms with Gasteiger partial charge in [0.2, 0.25) is 0 Å². The first-order valence-corrected chi connectivity index (χ1v) is 6.85. The topological polar surface area (TPSA) is 40.5 Å². The van der Waals surface area contributed by atoms with E-state index in [1.165, 1.54) is 0 Å². The van der Waals surface area contributed by atoms with Crippen molar-refractivity contribution in [3.8, 4) is 0 Å². The fourth-order valence-corrected chi connectivity index (χ4v) is 3.83. The summed E-state index contributed by atoms with van der Waals surface area (Å²) >= 11 is 0. The molecule has 0 unspecified atom stereocenters. The predicted molar refractivity (Wildman–Crippen MR) is 47.6 cm³/mol. The maximum atomic E-state index is 9.67. The second-order valence-electron chi connectivity index (χ2n) is 3.36. The fraction of sp³-hybridized carbons (Fsp3) is 1.00. The van der Waals surface area contributed by atoms with Gasteiger partial charge in [-0.05, 0) is 0 Å². The van der Waals surface area contributed by atoms with Crippen molar-refractivity contribution in [3.63, 3.8) is 0 Å². The summed E-state index contributed by atoms with van der Waals surface area (Å²) in [6.45, 7) is 5.58. The fourth-order valence-electron chi connectivity index (χ4n) is 1.28. The summed E-state index contributed by atoms with van der Waals surface area (Å²) in [5, 5.41) is 0. The van der Waals surface area contributed by atoms with Crippen LogP contribution in [-0.2, 0) is 0 Å². The summed E-state index contributed by atoms with van der Waals surface area (Å²) in [6, 6.07) is 0. The molecule has 0 fully saturated rings. The standard InChI is InChI=1S/C7H19O2P/c1-4-6-10(3,8,9)7-5-2/h8-9H,4-7H2,1-3H3. The summed E-state index contributed by atoms with van der Waals surface area (Å²) in [7, 11) is -3.16. The second kappa shape index (κ2) is 3.17. The molecule has 2 N–H and O–H groups in total. The Kier molecular flexibility index (Phi) is 3.28. The summed E-state index contributed by atoms with van der Waals surface area (Å²) in [4.78, 5) is 19.3.